The lowest BCUT2D eigenvalue weighted by Gasteiger charge is -2.02. The summed E-state index contributed by atoms with van der Waals surface area (Å²) in [7, 11) is 0. The minimum Gasteiger partial charge on any atom is -0.506 e. The SMILES string of the molecule is Oc1c(C#CCCBr)ccc2ccccc12. The van der Waals surface area contributed by atoms with Crippen molar-refractivity contribution in [2.24, 2.45) is 0 Å². The number of halogens is 1. The van der Waals surface area contributed by atoms with Crippen LogP contribution in [0, 0.1) is 11.8 Å². The third-order valence-corrected chi connectivity index (χ3v) is 2.74. The zero-order valence-corrected chi connectivity index (χ0v) is 10.3. The molecule has 0 aliphatic carbocycles. The Hall–Kier alpha value is -1.46. The molecule has 0 aromatic heterocycles. The molecule has 2 heteroatoms. The van der Waals surface area contributed by atoms with E-state index in [9.17, 15) is 5.11 Å². The number of phenolic OH excluding ortho intramolecular Hbond substituents is 1. The lowest BCUT2D eigenvalue weighted by atomic mass is 10.1. The fraction of sp³-hybridized carbons (Fsp3) is 0.143. The molecule has 0 fully saturated rings. The molecular weight excluding hydrogens is 264 g/mol. The van der Waals surface area contributed by atoms with Gasteiger partial charge in [0.25, 0.3) is 0 Å². The van der Waals surface area contributed by atoms with Gasteiger partial charge in [0.2, 0.25) is 0 Å². The highest BCUT2D eigenvalue weighted by molar-refractivity contribution is 9.09. The first-order chi connectivity index (χ1) is 7.83. The molecule has 1 N–H and O–H groups in total. The van der Waals surface area contributed by atoms with E-state index in [-0.39, 0.29) is 5.75 Å². The summed E-state index contributed by atoms with van der Waals surface area (Å²) in [6, 6.07) is 11.6. The van der Waals surface area contributed by atoms with E-state index in [0.717, 1.165) is 22.5 Å². The molecule has 0 aliphatic rings. The molecule has 0 bridgehead atoms. The maximum absolute atomic E-state index is 10.0. The molecule has 80 valence electrons. The van der Waals surface area contributed by atoms with E-state index in [4.69, 9.17) is 0 Å². The maximum atomic E-state index is 10.0. The van der Waals surface area contributed by atoms with Gasteiger partial charge >= 0.3 is 0 Å². The number of phenols is 1. The van der Waals surface area contributed by atoms with Crippen LogP contribution in [-0.2, 0) is 0 Å². The number of aromatic hydroxyl groups is 1. The summed E-state index contributed by atoms with van der Waals surface area (Å²) < 4.78 is 0. The lowest BCUT2D eigenvalue weighted by Crippen LogP contribution is -1.80. The van der Waals surface area contributed by atoms with Crippen molar-refractivity contribution in [3.63, 3.8) is 0 Å². The second kappa shape index (κ2) is 5.05. The summed E-state index contributed by atoms with van der Waals surface area (Å²) in [4.78, 5) is 0. The third-order valence-electron chi connectivity index (χ3n) is 2.34. The zero-order valence-electron chi connectivity index (χ0n) is 8.70. The third kappa shape index (κ3) is 2.20. The molecule has 2 rings (SSSR count). The van der Waals surface area contributed by atoms with Crippen molar-refractivity contribution < 1.29 is 5.11 Å². The van der Waals surface area contributed by atoms with Crippen molar-refractivity contribution in [3.8, 4) is 17.6 Å². The Morgan fingerprint density at radius 3 is 2.75 bits per heavy atom. The Labute approximate surface area is 103 Å². The summed E-state index contributed by atoms with van der Waals surface area (Å²) in [5, 5.41) is 12.8. The van der Waals surface area contributed by atoms with Crippen molar-refractivity contribution in [2.75, 3.05) is 5.33 Å². The molecule has 0 aliphatic heterocycles. The first-order valence-corrected chi connectivity index (χ1v) is 6.20. The van der Waals surface area contributed by atoms with Crippen LogP contribution < -0.4 is 0 Å². The number of fused-ring (bicyclic) bond motifs is 1. The van der Waals surface area contributed by atoms with Crippen LogP contribution in [0.2, 0.25) is 0 Å². The van der Waals surface area contributed by atoms with Gasteiger partial charge in [-0.3, -0.25) is 0 Å². The Morgan fingerprint density at radius 2 is 1.94 bits per heavy atom. The summed E-state index contributed by atoms with van der Waals surface area (Å²) in [6.45, 7) is 0. The molecule has 16 heavy (non-hydrogen) atoms. The van der Waals surface area contributed by atoms with Crippen molar-refractivity contribution in [2.45, 2.75) is 6.42 Å². The van der Waals surface area contributed by atoms with Crippen molar-refractivity contribution in [1.82, 2.24) is 0 Å². The van der Waals surface area contributed by atoms with Crippen molar-refractivity contribution in [1.29, 1.82) is 0 Å². The molecule has 0 heterocycles. The van der Waals surface area contributed by atoms with E-state index in [0.29, 0.717) is 5.56 Å². The Bertz CT molecular complexity index is 564. The summed E-state index contributed by atoms with van der Waals surface area (Å²) >= 11 is 3.32. The highest BCUT2D eigenvalue weighted by atomic mass is 79.9. The number of alkyl halides is 1. The minimum atomic E-state index is 0.278. The van der Waals surface area contributed by atoms with Crippen LogP contribution in [0.15, 0.2) is 36.4 Å². The zero-order chi connectivity index (χ0) is 11.4. The van der Waals surface area contributed by atoms with E-state index >= 15 is 0 Å². The van der Waals surface area contributed by atoms with E-state index in [1.54, 1.807) is 0 Å². The van der Waals surface area contributed by atoms with Gasteiger partial charge in [0.05, 0.1) is 5.56 Å². The van der Waals surface area contributed by atoms with Gasteiger partial charge in [-0.1, -0.05) is 58.1 Å². The standard InChI is InChI=1S/C14H11BrO/c15-10-4-3-6-12-9-8-11-5-1-2-7-13(11)14(12)16/h1-2,5,7-9,16H,4,10H2. The van der Waals surface area contributed by atoms with Gasteiger partial charge in [0.1, 0.15) is 5.75 Å². The fourth-order valence-electron chi connectivity index (χ4n) is 1.56. The van der Waals surface area contributed by atoms with Crippen LogP contribution >= 0.6 is 15.9 Å². The number of hydrogen-bond acceptors (Lipinski definition) is 1. The first-order valence-electron chi connectivity index (χ1n) is 5.08. The molecule has 0 saturated carbocycles. The van der Waals surface area contributed by atoms with Crippen LogP contribution in [0.4, 0.5) is 0 Å². The molecule has 0 atom stereocenters. The molecular formula is C14H11BrO. The molecule has 0 unspecified atom stereocenters. The average Bonchev–Trinajstić information content (AvgIpc) is 2.33. The number of benzene rings is 2. The predicted octanol–water partition coefficient (Wildman–Crippen LogP) is 3.68. The van der Waals surface area contributed by atoms with Crippen LogP contribution in [0.25, 0.3) is 10.8 Å². The molecule has 2 aromatic rings. The minimum absolute atomic E-state index is 0.278. The molecule has 1 nitrogen and oxygen atoms in total. The second-order valence-corrected chi connectivity index (χ2v) is 4.22. The Morgan fingerprint density at radius 1 is 1.12 bits per heavy atom. The van der Waals surface area contributed by atoms with Crippen LogP contribution in [0.5, 0.6) is 5.75 Å². The maximum Gasteiger partial charge on any atom is 0.139 e. The van der Waals surface area contributed by atoms with E-state index in [2.05, 4.69) is 27.8 Å². The molecule has 0 amide bonds. The lowest BCUT2D eigenvalue weighted by molar-refractivity contribution is 0.480. The van der Waals surface area contributed by atoms with Crippen LogP contribution in [0.1, 0.15) is 12.0 Å². The highest BCUT2D eigenvalue weighted by Crippen LogP contribution is 2.27. The van der Waals surface area contributed by atoms with Gasteiger partial charge in [0, 0.05) is 17.1 Å². The molecule has 0 saturated heterocycles. The second-order valence-electron chi connectivity index (χ2n) is 3.42. The molecule has 0 spiro atoms. The first kappa shape index (κ1) is 11.0. The monoisotopic (exact) mass is 274 g/mol. The number of rotatable bonds is 1. The highest BCUT2D eigenvalue weighted by Gasteiger charge is 2.02. The smallest absolute Gasteiger partial charge is 0.139 e. The van der Waals surface area contributed by atoms with E-state index < -0.39 is 0 Å². The fourth-order valence-corrected chi connectivity index (χ4v) is 1.76. The van der Waals surface area contributed by atoms with E-state index in [1.807, 2.05) is 36.4 Å². The van der Waals surface area contributed by atoms with Crippen molar-refractivity contribution >= 4 is 26.7 Å². The largest absolute Gasteiger partial charge is 0.506 e. The topological polar surface area (TPSA) is 20.2 Å². The molecule has 2 aromatic carbocycles. The predicted molar refractivity (Wildman–Crippen MR) is 70.9 cm³/mol. The van der Waals surface area contributed by atoms with Gasteiger partial charge in [-0.15, -0.1) is 0 Å². The quantitative estimate of drug-likeness (QED) is 0.621. The Balaban J connectivity index is 2.49. The average molecular weight is 275 g/mol. The van der Waals surface area contributed by atoms with Gasteiger partial charge in [0.15, 0.2) is 0 Å². The van der Waals surface area contributed by atoms with Gasteiger partial charge in [-0.05, 0) is 11.5 Å². The van der Waals surface area contributed by atoms with E-state index in [1.165, 1.54) is 0 Å². The Kier molecular flexibility index (Phi) is 3.48. The van der Waals surface area contributed by atoms with Gasteiger partial charge in [-0.25, -0.2) is 0 Å². The normalized spacial score (nSPS) is 9.81. The van der Waals surface area contributed by atoms with Gasteiger partial charge in [-0.2, -0.15) is 0 Å². The van der Waals surface area contributed by atoms with Crippen LogP contribution in [0.3, 0.4) is 0 Å². The summed E-state index contributed by atoms with van der Waals surface area (Å²) in [6.07, 6.45) is 0.784. The summed E-state index contributed by atoms with van der Waals surface area (Å²) in [5.41, 5.74) is 0.694. The number of hydrogen-bond donors (Lipinski definition) is 1. The van der Waals surface area contributed by atoms with Crippen LogP contribution in [-0.4, -0.2) is 10.4 Å². The molecule has 0 radical (unpaired) electrons. The summed E-state index contributed by atoms with van der Waals surface area (Å²) in [5.74, 6) is 6.25. The van der Waals surface area contributed by atoms with Gasteiger partial charge < -0.3 is 5.11 Å². The van der Waals surface area contributed by atoms with Crippen molar-refractivity contribution in [3.05, 3.63) is 42.0 Å².